The maximum Gasteiger partial charge on any atom is 0.356 e. The van der Waals surface area contributed by atoms with Crippen molar-refractivity contribution in [1.82, 2.24) is 5.32 Å². The highest BCUT2D eigenvalue weighted by Gasteiger charge is 2.17. The van der Waals surface area contributed by atoms with Crippen molar-refractivity contribution in [3.63, 3.8) is 0 Å². The van der Waals surface area contributed by atoms with Crippen molar-refractivity contribution in [2.75, 3.05) is 13.2 Å². The van der Waals surface area contributed by atoms with Gasteiger partial charge in [0.1, 0.15) is 5.70 Å². The third-order valence-corrected chi connectivity index (χ3v) is 2.83. The predicted octanol–water partition coefficient (Wildman–Crippen LogP) is 1.31. The highest BCUT2D eigenvalue weighted by atomic mass is 79.9. The molecule has 114 valence electrons. The van der Waals surface area contributed by atoms with Crippen LogP contribution in [0.2, 0.25) is 0 Å². The van der Waals surface area contributed by atoms with Crippen LogP contribution in [0.4, 0.5) is 0 Å². The number of ether oxygens (including phenoxy) is 2. The van der Waals surface area contributed by atoms with Crippen LogP contribution in [0.5, 0.6) is 0 Å². The Morgan fingerprint density at radius 1 is 1.14 bits per heavy atom. The van der Waals surface area contributed by atoms with Gasteiger partial charge >= 0.3 is 5.97 Å². The van der Waals surface area contributed by atoms with E-state index in [1.54, 1.807) is 38.1 Å². The summed E-state index contributed by atoms with van der Waals surface area (Å²) < 4.78 is 10.3. The molecule has 0 atom stereocenters. The number of nitrogens with one attached hydrogen (secondary N) is 1. The number of esters is 1. The molecular formula is C14H15BrNO5-. The van der Waals surface area contributed by atoms with Gasteiger partial charge in [0.05, 0.1) is 12.6 Å². The minimum absolute atomic E-state index is 0.0793. The van der Waals surface area contributed by atoms with E-state index in [1.165, 1.54) is 0 Å². The topological polar surface area (TPSA) is 87.7 Å². The summed E-state index contributed by atoms with van der Waals surface area (Å²) in [5.74, 6) is -2.46. The Labute approximate surface area is 130 Å². The second-order valence-corrected chi connectivity index (χ2v) is 4.69. The number of carbonyl (C=O) groups is 2. The first-order valence-corrected chi connectivity index (χ1v) is 7.07. The average molecular weight is 357 g/mol. The zero-order valence-electron chi connectivity index (χ0n) is 11.6. The maximum absolute atomic E-state index is 12.0. The van der Waals surface area contributed by atoms with Crippen LogP contribution in [0, 0.1) is 0 Å². The van der Waals surface area contributed by atoms with Crippen molar-refractivity contribution in [2.45, 2.75) is 13.8 Å². The van der Waals surface area contributed by atoms with Crippen LogP contribution in [0.25, 0.3) is 0 Å². The molecule has 0 unspecified atom stereocenters. The van der Waals surface area contributed by atoms with Crippen LogP contribution >= 0.6 is 15.9 Å². The molecule has 21 heavy (non-hydrogen) atoms. The number of carbonyl (C=O) groups excluding carboxylic acids is 2. The molecule has 0 aliphatic heterocycles. The van der Waals surface area contributed by atoms with Gasteiger partial charge in [-0.05, 0) is 37.8 Å². The van der Waals surface area contributed by atoms with Crippen LogP contribution in [0.1, 0.15) is 24.2 Å². The zero-order valence-corrected chi connectivity index (χ0v) is 13.2. The van der Waals surface area contributed by atoms with Crippen molar-refractivity contribution in [2.24, 2.45) is 0 Å². The molecule has 7 heteroatoms. The Morgan fingerprint density at radius 3 is 2.24 bits per heavy atom. The molecule has 1 amide bonds. The lowest BCUT2D eigenvalue weighted by atomic mass is 10.2. The monoisotopic (exact) mass is 356 g/mol. The summed E-state index contributed by atoms with van der Waals surface area (Å²) in [7, 11) is 0. The van der Waals surface area contributed by atoms with E-state index in [4.69, 9.17) is 9.47 Å². The fraction of sp³-hybridized carbons (Fsp3) is 0.286. The van der Waals surface area contributed by atoms with E-state index in [1.807, 2.05) is 0 Å². The smallest absolute Gasteiger partial charge is 0.356 e. The highest BCUT2D eigenvalue weighted by Crippen LogP contribution is 2.11. The van der Waals surface area contributed by atoms with E-state index < -0.39 is 23.5 Å². The Balaban J connectivity index is 2.95. The molecular weight excluding hydrogens is 342 g/mol. The molecule has 1 rings (SSSR count). The first kappa shape index (κ1) is 17.0. The van der Waals surface area contributed by atoms with Crippen molar-refractivity contribution in [3.05, 3.63) is 45.9 Å². The molecule has 0 saturated carbocycles. The number of benzene rings is 1. The molecule has 1 aromatic rings. The van der Waals surface area contributed by atoms with Crippen LogP contribution in [0.3, 0.4) is 0 Å². The molecule has 1 aromatic carbocycles. The van der Waals surface area contributed by atoms with Gasteiger partial charge in [0.25, 0.3) is 5.91 Å². The van der Waals surface area contributed by atoms with Crippen LogP contribution in [-0.4, -0.2) is 25.1 Å². The third-order valence-electron chi connectivity index (χ3n) is 2.30. The van der Waals surface area contributed by atoms with Crippen molar-refractivity contribution >= 4 is 27.8 Å². The molecule has 0 aliphatic rings. The SMILES string of the molecule is CCOC(=O)/C(NC(=O)c1ccc(Br)cc1)=C(\[O-])OCC. The van der Waals surface area contributed by atoms with E-state index in [-0.39, 0.29) is 13.2 Å². The van der Waals surface area contributed by atoms with Crippen molar-refractivity contribution < 1.29 is 24.2 Å². The highest BCUT2D eigenvalue weighted by molar-refractivity contribution is 9.10. The molecule has 0 bridgehead atoms. The van der Waals surface area contributed by atoms with Gasteiger partial charge in [-0.1, -0.05) is 22.9 Å². The summed E-state index contributed by atoms with van der Waals surface area (Å²) in [5.41, 5.74) is -0.240. The lowest BCUT2D eigenvalue weighted by Crippen LogP contribution is -2.33. The van der Waals surface area contributed by atoms with Gasteiger partial charge in [0.15, 0.2) is 0 Å². The molecule has 0 aromatic heterocycles. The Bertz CT molecular complexity index is 539. The summed E-state index contributed by atoms with van der Waals surface area (Å²) in [5, 5.41) is 13.9. The van der Waals surface area contributed by atoms with E-state index >= 15 is 0 Å². The molecule has 0 saturated heterocycles. The maximum atomic E-state index is 12.0. The number of amides is 1. The van der Waals surface area contributed by atoms with Crippen molar-refractivity contribution in [3.8, 4) is 0 Å². The fourth-order valence-corrected chi connectivity index (χ4v) is 1.64. The fourth-order valence-electron chi connectivity index (χ4n) is 1.38. The molecule has 1 N–H and O–H groups in total. The van der Waals surface area contributed by atoms with Crippen LogP contribution < -0.4 is 10.4 Å². The van der Waals surface area contributed by atoms with Crippen LogP contribution in [0.15, 0.2) is 40.4 Å². The second-order valence-electron chi connectivity index (χ2n) is 3.78. The third kappa shape index (κ3) is 5.11. The van der Waals surface area contributed by atoms with Gasteiger partial charge in [-0.15, -0.1) is 0 Å². The van der Waals surface area contributed by atoms with Crippen molar-refractivity contribution in [1.29, 1.82) is 0 Å². The number of rotatable bonds is 6. The quantitative estimate of drug-likeness (QED) is 0.471. The predicted molar refractivity (Wildman–Crippen MR) is 76.9 cm³/mol. The standard InChI is InChI=1S/C14H16BrNO5/c1-3-20-13(18)11(14(19)21-4-2)16-12(17)9-5-7-10(15)8-6-9/h5-8,18H,3-4H2,1-2H3,(H,16,17)/p-1/b13-11-. The Morgan fingerprint density at radius 2 is 1.71 bits per heavy atom. The minimum atomic E-state index is -0.929. The molecule has 0 radical (unpaired) electrons. The van der Waals surface area contributed by atoms with Gasteiger partial charge < -0.3 is 19.9 Å². The molecule has 0 aliphatic carbocycles. The van der Waals surface area contributed by atoms with E-state index in [0.717, 1.165) is 4.47 Å². The lowest BCUT2D eigenvalue weighted by Gasteiger charge is -2.18. The average Bonchev–Trinajstić information content (AvgIpc) is 2.45. The van der Waals surface area contributed by atoms with Gasteiger partial charge in [-0.25, -0.2) is 4.79 Å². The van der Waals surface area contributed by atoms with Gasteiger partial charge in [-0.2, -0.15) is 0 Å². The lowest BCUT2D eigenvalue weighted by molar-refractivity contribution is -0.358. The molecule has 0 fully saturated rings. The summed E-state index contributed by atoms with van der Waals surface area (Å²) >= 11 is 3.25. The first-order valence-electron chi connectivity index (χ1n) is 6.27. The minimum Gasteiger partial charge on any atom is -0.612 e. The second kappa shape index (κ2) is 8.31. The van der Waals surface area contributed by atoms with E-state index in [2.05, 4.69) is 21.2 Å². The van der Waals surface area contributed by atoms with Crippen LogP contribution in [-0.2, 0) is 14.3 Å². The van der Waals surface area contributed by atoms with E-state index in [9.17, 15) is 14.7 Å². The molecule has 6 nitrogen and oxygen atoms in total. The van der Waals surface area contributed by atoms with Gasteiger partial charge in [0, 0.05) is 10.0 Å². The van der Waals surface area contributed by atoms with Gasteiger partial charge in [-0.3, -0.25) is 4.79 Å². The normalized spacial score (nSPS) is 11.4. The molecule has 0 spiro atoms. The first-order chi connectivity index (χ1) is 9.99. The summed E-state index contributed by atoms with van der Waals surface area (Å²) in [6, 6.07) is 6.44. The van der Waals surface area contributed by atoms with E-state index in [0.29, 0.717) is 5.56 Å². The number of hydrogen-bond acceptors (Lipinski definition) is 5. The summed E-state index contributed by atoms with van der Waals surface area (Å²) in [6.45, 7) is 3.35. The Hall–Kier alpha value is -2.02. The zero-order chi connectivity index (χ0) is 15.8. The molecule has 0 heterocycles. The largest absolute Gasteiger partial charge is 0.612 e. The number of hydrogen-bond donors (Lipinski definition) is 1. The summed E-state index contributed by atoms with van der Waals surface area (Å²) in [6.07, 6.45) is 0. The number of halogens is 1. The van der Waals surface area contributed by atoms with Gasteiger partial charge in [0.2, 0.25) is 0 Å². The summed E-state index contributed by atoms with van der Waals surface area (Å²) in [4.78, 5) is 23.7. The Kier molecular flexibility index (Phi) is 6.74.